The summed E-state index contributed by atoms with van der Waals surface area (Å²) in [7, 11) is 0. The summed E-state index contributed by atoms with van der Waals surface area (Å²) in [5.74, 6) is 0. The van der Waals surface area contributed by atoms with E-state index >= 15 is 0 Å². The lowest BCUT2D eigenvalue weighted by Gasteiger charge is -2.18. The number of hydrogen-bond donors (Lipinski definition) is 0. The molecule has 0 spiro atoms. The van der Waals surface area contributed by atoms with E-state index in [0.29, 0.717) is 0 Å². The van der Waals surface area contributed by atoms with Crippen LogP contribution in [-0.2, 0) is 0 Å². The zero-order chi connectivity index (χ0) is 94.6. The molecule has 0 unspecified atom stereocenters. The quantitative estimate of drug-likeness (QED) is 0.113. The first-order valence-corrected chi connectivity index (χ1v) is 49.5. The van der Waals surface area contributed by atoms with Crippen molar-refractivity contribution in [1.29, 1.82) is 0 Å². The van der Waals surface area contributed by atoms with E-state index in [2.05, 4.69) is 537 Å². The summed E-state index contributed by atoms with van der Waals surface area (Å²) in [4.78, 5) is 0. The molecule has 0 heteroatoms. The second-order valence-electron chi connectivity index (χ2n) is 38.5. The first-order chi connectivity index (χ1) is 70.1. The molecule has 0 radical (unpaired) electrons. The first-order valence-electron chi connectivity index (χ1n) is 49.5. The van der Waals surface area contributed by atoms with Crippen molar-refractivity contribution in [1.82, 2.24) is 0 Å². The number of rotatable bonds is 11. The molecule has 664 valence electrons. The minimum atomic E-state index is 1.25. The Bertz CT molecular complexity index is 9890. The topological polar surface area (TPSA) is 0 Å². The van der Waals surface area contributed by atoms with Gasteiger partial charge in [0.15, 0.2) is 0 Å². The van der Waals surface area contributed by atoms with Crippen molar-refractivity contribution < 1.29 is 0 Å². The minimum Gasteiger partial charge on any atom is -0.0622 e. The van der Waals surface area contributed by atoms with Crippen molar-refractivity contribution in [2.45, 2.75) is 27.7 Å². The van der Waals surface area contributed by atoms with Crippen molar-refractivity contribution in [2.24, 2.45) is 0 Å². The van der Waals surface area contributed by atoms with Crippen molar-refractivity contribution in [2.75, 3.05) is 0 Å². The van der Waals surface area contributed by atoms with Crippen molar-refractivity contribution in [3.05, 3.63) is 532 Å². The van der Waals surface area contributed by atoms with Crippen LogP contribution in [0.3, 0.4) is 0 Å². The molecular formula is C142H96. The molecule has 0 saturated heterocycles. The largest absolute Gasteiger partial charge is 0.0622 e. The van der Waals surface area contributed by atoms with Crippen LogP contribution in [0, 0.1) is 27.7 Å². The summed E-state index contributed by atoms with van der Waals surface area (Å²) in [5, 5.41) is 36.9. The first kappa shape index (κ1) is 84.6. The van der Waals surface area contributed by atoms with Gasteiger partial charge in [-0.3, -0.25) is 0 Å². The van der Waals surface area contributed by atoms with Gasteiger partial charge in [0.2, 0.25) is 0 Å². The van der Waals surface area contributed by atoms with Gasteiger partial charge in [-0.1, -0.05) is 503 Å². The molecule has 0 fully saturated rings. The van der Waals surface area contributed by atoms with E-state index in [1.54, 1.807) is 0 Å². The molecule has 0 heterocycles. The molecule has 0 atom stereocenters. The van der Waals surface area contributed by atoms with Gasteiger partial charge < -0.3 is 0 Å². The molecule has 29 aromatic rings. The molecule has 0 nitrogen and oxygen atoms in total. The second-order valence-corrected chi connectivity index (χ2v) is 38.5. The summed E-state index contributed by atoms with van der Waals surface area (Å²) < 4.78 is 0. The van der Waals surface area contributed by atoms with Crippen molar-refractivity contribution in [3.63, 3.8) is 0 Å². The lowest BCUT2D eigenvalue weighted by Crippen LogP contribution is -1.91. The van der Waals surface area contributed by atoms with E-state index < -0.39 is 0 Å². The van der Waals surface area contributed by atoms with Crippen molar-refractivity contribution in [3.8, 4) is 122 Å². The van der Waals surface area contributed by atoms with Gasteiger partial charge in [-0.05, 0) is 330 Å². The lowest BCUT2D eigenvalue weighted by molar-refractivity contribution is 1.46. The zero-order valence-electron chi connectivity index (χ0n) is 79.5. The van der Waals surface area contributed by atoms with E-state index in [1.807, 2.05) is 0 Å². The van der Waals surface area contributed by atoms with Crippen LogP contribution in [0.4, 0.5) is 0 Å². The van der Waals surface area contributed by atoms with Gasteiger partial charge in [0.1, 0.15) is 0 Å². The van der Waals surface area contributed by atoms with Gasteiger partial charge in [0.25, 0.3) is 0 Å². The molecule has 0 aromatic heterocycles. The normalized spacial score (nSPS) is 11.7. The summed E-state index contributed by atoms with van der Waals surface area (Å²) in [6.07, 6.45) is 0. The molecule has 29 aromatic carbocycles. The number of fused-ring (bicyclic) bond motifs is 2. The van der Waals surface area contributed by atoms with Crippen LogP contribution < -0.4 is 0 Å². The summed E-state index contributed by atoms with van der Waals surface area (Å²) in [6.45, 7) is 8.74. The molecular weight excluding hydrogens is 1710 g/mol. The predicted molar refractivity (Wildman–Crippen MR) is 614 cm³/mol. The number of hydrogen-bond acceptors (Lipinski definition) is 0. The average Bonchev–Trinajstić information content (AvgIpc) is 0.734. The molecule has 142 heavy (non-hydrogen) atoms. The fraction of sp³-hybridized carbons (Fsp3) is 0.0282. The maximum Gasteiger partial charge on any atom is -0.00203 e. The average molecular weight is 1800 g/mol. The van der Waals surface area contributed by atoms with Crippen LogP contribution in [0.1, 0.15) is 22.3 Å². The Labute approximate surface area is 826 Å². The van der Waals surface area contributed by atoms with Gasteiger partial charge in [0, 0.05) is 0 Å². The molecule has 0 aliphatic rings. The molecule has 0 bridgehead atoms. The Kier molecular flexibility index (Phi) is 21.0. The highest BCUT2D eigenvalue weighted by Gasteiger charge is 2.24. The van der Waals surface area contributed by atoms with Gasteiger partial charge in [-0.2, -0.15) is 0 Å². The predicted octanol–water partition coefficient (Wildman–Crippen LogP) is 40.2. The zero-order valence-corrected chi connectivity index (χ0v) is 79.5. The summed E-state index contributed by atoms with van der Waals surface area (Å²) in [5.41, 5.74) is 33.2. The second kappa shape index (κ2) is 35.3. The van der Waals surface area contributed by atoms with Gasteiger partial charge >= 0.3 is 0 Å². The highest BCUT2D eigenvalue weighted by molar-refractivity contribution is 6.32. The molecule has 29 rings (SSSR count). The minimum absolute atomic E-state index is 1.25. The van der Waals surface area contributed by atoms with Gasteiger partial charge in [0.05, 0.1) is 0 Å². The maximum atomic E-state index is 2.36. The van der Waals surface area contributed by atoms with E-state index in [4.69, 9.17) is 0 Å². The van der Waals surface area contributed by atoms with E-state index in [-0.39, 0.29) is 0 Å². The van der Waals surface area contributed by atoms with Gasteiger partial charge in [-0.25, -0.2) is 0 Å². The van der Waals surface area contributed by atoms with Crippen LogP contribution in [-0.4, -0.2) is 0 Å². The van der Waals surface area contributed by atoms with E-state index in [0.717, 1.165) is 0 Å². The Morgan fingerprint density at radius 2 is 0.331 bits per heavy atom. The Morgan fingerprint density at radius 1 is 0.0986 bits per heavy atom. The van der Waals surface area contributed by atoms with Crippen LogP contribution in [0.2, 0.25) is 0 Å². The number of aryl methyl sites for hydroxylation is 4. The van der Waals surface area contributed by atoms with E-state index in [1.165, 1.54) is 295 Å². The van der Waals surface area contributed by atoms with E-state index in [9.17, 15) is 0 Å². The highest BCUT2D eigenvalue weighted by atomic mass is 14.3. The molecule has 0 saturated carbocycles. The SMILES string of the molecule is Cc1ccc(-c2ccc3ccc4c(-c5ccc6ccccc6c5)ccc5ccc2c3c54)cc1-c1ccccc1.Cc1ccc(-c2ccc3ccc4c(-c5cccc6ccccc56)ccc5ccc2c3c54)cc1-c1ccccc1.Cc1ccc(-c2ccc3ccc4c(-c5ccccc5)ccc5ccc2c3c54)c(-c2ccccc2)c1.Cc1ccc(-c2ccc3ccc4cccc5ccc2c3c45)c(-c2ccccc2)c1. The third-order valence-electron chi connectivity index (χ3n) is 30.1. The number of benzene rings is 29. The monoisotopic (exact) mass is 1800 g/mol. The van der Waals surface area contributed by atoms with Gasteiger partial charge in [-0.15, -0.1) is 0 Å². The Hall–Kier alpha value is -17.9. The van der Waals surface area contributed by atoms with Crippen LogP contribution in [0.15, 0.2) is 510 Å². The highest BCUT2D eigenvalue weighted by Crippen LogP contribution is 2.51. The standard InChI is InChI=1S/2C39H26.C35H24.C29H20/c1-25-14-15-30(24-37(25)27-8-3-2-4-9-27)32-20-16-28-19-23-36-34(21-17-29-18-22-35(32)38(28)39(29)36)33-13-7-11-26-10-5-6-12-31(26)33;1-25-11-12-32(24-37(25)27-8-3-2-4-9-27)34-20-16-29-17-21-35-33(19-15-28-18-22-36(34)39(29)38(28)35)31-14-13-26-7-5-6-10-30(26)23-31;1-23-12-17-30(33(22-23)25-10-6-3-7-11-25)29-19-14-27-15-20-31-28(24-8-4-2-5-9-24)18-13-26-16-21-32(29)35(27)34(26)31;1-19-10-15-25(27(18-19)20-6-3-2-4-7-20)24-16-13-23-12-11-21-8-5-9-22-14-17-26(24)29(23)28(21)22/h2*2-24H,1H3;2-22H,1H3;2-18H,1H3. The summed E-state index contributed by atoms with van der Waals surface area (Å²) >= 11 is 0. The smallest absolute Gasteiger partial charge is 0.00203 e. The fourth-order valence-electron chi connectivity index (χ4n) is 23.2. The van der Waals surface area contributed by atoms with Crippen molar-refractivity contribution >= 4 is 151 Å². The van der Waals surface area contributed by atoms with Crippen LogP contribution >= 0.6 is 0 Å². The molecule has 0 aliphatic carbocycles. The third kappa shape index (κ3) is 14.8. The lowest BCUT2D eigenvalue weighted by atomic mass is 9.85. The molecule has 0 aliphatic heterocycles. The summed E-state index contributed by atoms with van der Waals surface area (Å²) in [6, 6.07) is 187. The van der Waals surface area contributed by atoms with Crippen LogP contribution in [0.5, 0.6) is 0 Å². The Morgan fingerprint density at radius 3 is 0.718 bits per heavy atom. The van der Waals surface area contributed by atoms with Crippen LogP contribution in [0.25, 0.3) is 273 Å². The fourth-order valence-corrected chi connectivity index (χ4v) is 23.2. The Balaban J connectivity index is 0.0000000976. The maximum absolute atomic E-state index is 2.36. The molecule has 0 N–H and O–H groups in total. The molecule has 0 amide bonds. The third-order valence-corrected chi connectivity index (χ3v) is 30.1.